The highest BCUT2D eigenvalue weighted by Gasteiger charge is 2.25. The number of amides is 1. The van der Waals surface area contributed by atoms with Crippen molar-refractivity contribution in [1.82, 2.24) is 14.9 Å². The first-order valence-corrected chi connectivity index (χ1v) is 13.2. The number of hydrogen-bond donors (Lipinski definition) is 2. The summed E-state index contributed by atoms with van der Waals surface area (Å²) in [4.78, 5) is 33.8. The maximum absolute atomic E-state index is 13.8. The molecule has 1 amide bonds. The van der Waals surface area contributed by atoms with Crippen LogP contribution >= 0.6 is 11.3 Å². The molecule has 0 saturated carbocycles. The van der Waals surface area contributed by atoms with Crippen molar-refractivity contribution in [3.63, 3.8) is 0 Å². The fourth-order valence-electron chi connectivity index (χ4n) is 4.65. The van der Waals surface area contributed by atoms with Gasteiger partial charge in [-0.25, -0.2) is 4.98 Å². The van der Waals surface area contributed by atoms with Crippen molar-refractivity contribution in [3.05, 3.63) is 92.1 Å². The van der Waals surface area contributed by atoms with E-state index in [0.717, 1.165) is 29.5 Å². The molecule has 0 bridgehead atoms. The molecule has 5 rings (SSSR count). The maximum Gasteiger partial charge on any atom is 0.273 e. The van der Waals surface area contributed by atoms with Gasteiger partial charge in [0.05, 0.1) is 23.7 Å². The number of carbonyl (C=O) groups is 1. The minimum absolute atomic E-state index is 0.0269. The average molecular weight is 513 g/mol. The van der Waals surface area contributed by atoms with Crippen LogP contribution in [0.1, 0.15) is 45.5 Å². The van der Waals surface area contributed by atoms with Crippen molar-refractivity contribution in [2.45, 2.75) is 38.9 Å². The number of nitrogens with zero attached hydrogens (tertiary/aromatic N) is 4. The first kappa shape index (κ1) is 24.7. The minimum Gasteiger partial charge on any atom is -0.348 e. The van der Waals surface area contributed by atoms with E-state index in [1.54, 1.807) is 22.1 Å². The number of rotatable bonds is 6. The van der Waals surface area contributed by atoms with E-state index in [-0.39, 0.29) is 24.1 Å². The van der Waals surface area contributed by atoms with E-state index >= 15 is 0 Å². The lowest BCUT2D eigenvalue weighted by Gasteiger charge is -2.33. The molecular formula is C28H28N6O2S. The average Bonchev–Trinajstić information content (AvgIpc) is 3.34. The summed E-state index contributed by atoms with van der Waals surface area (Å²) in [5, 5.41) is 14.2. The Morgan fingerprint density at radius 2 is 2.03 bits per heavy atom. The van der Waals surface area contributed by atoms with E-state index < -0.39 is 0 Å². The number of benzene rings is 2. The predicted octanol–water partition coefficient (Wildman–Crippen LogP) is 3.54. The first-order valence-electron chi connectivity index (χ1n) is 12.3. The third kappa shape index (κ3) is 5.12. The quantitative estimate of drug-likeness (QED) is 0.408. The molecule has 9 heteroatoms. The van der Waals surface area contributed by atoms with Gasteiger partial charge in [-0.3, -0.25) is 14.2 Å². The highest BCUT2D eigenvalue weighted by molar-refractivity contribution is 7.17. The third-order valence-electron chi connectivity index (χ3n) is 6.68. The van der Waals surface area contributed by atoms with Gasteiger partial charge in [0, 0.05) is 31.1 Å². The topological polar surface area (TPSA) is 117 Å². The molecule has 0 spiro atoms. The minimum atomic E-state index is -0.271. The molecule has 0 radical (unpaired) electrons. The standard InChI is InChI=1S/C28H28N6O2S/c1-18-8-10-19(11-9-18)14-31-26(35)23-17-37-25-24(23)32-28(33-12-4-7-22(30)16-33)34(27(25)36)15-21-6-3-2-5-20(21)13-29/h2-3,5-6,8-11,17,22H,4,7,12,14-16,30H2,1H3,(H,31,35)/t22-/m1/s1. The number of piperidine rings is 1. The van der Waals surface area contributed by atoms with Crippen LogP contribution in [0.5, 0.6) is 0 Å². The molecule has 2 aromatic heterocycles. The molecule has 37 heavy (non-hydrogen) atoms. The summed E-state index contributed by atoms with van der Waals surface area (Å²) >= 11 is 1.22. The maximum atomic E-state index is 13.8. The van der Waals surface area contributed by atoms with Crippen molar-refractivity contribution in [2.75, 3.05) is 18.0 Å². The zero-order chi connectivity index (χ0) is 25.9. The summed E-state index contributed by atoms with van der Waals surface area (Å²) in [6.45, 7) is 3.89. The fourth-order valence-corrected chi connectivity index (χ4v) is 5.58. The van der Waals surface area contributed by atoms with Gasteiger partial charge in [-0.15, -0.1) is 11.3 Å². The molecule has 8 nitrogen and oxygen atoms in total. The molecule has 0 aliphatic carbocycles. The van der Waals surface area contributed by atoms with Crippen molar-refractivity contribution in [2.24, 2.45) is 5.73 Å². The number of anilines is 1. The Morgan fingerprint density at radius 3 is 2.78 bits per heavy atom. The zero-order valence-electron chi connectivity index (χ0n) is 20.6. The van der Waals surface area contributed by atoms with Crippen LogP contribution in [-0.4, -0.2) is 34.6 Å². The van der Waals surface area contributed by atoms with Crippen LogP contribution in [0.3, 0.4) is 0 Å². The lowest BCUT2D eigenvalue weighted by atomic mass is 10.1. The first-order chi connectivity index (χ1) is 17.9. The monoisotopic (exact) mass is 512 g/mol. The summed E-state index contributed by atoms with van der Waals surface area (Å²) < 4.78 is 2.03. The number of aryl methyl sites for hydroxylation is 1. The molecule has 188 valence electrons. The van der Waals surface area contributed by atoms with Gasteiger partial charge in [-0.2, -0.15) is 5.26 Å². The van der Waals surface area contributed by atoms with Crippen LogP contribution < -0.4 is 21.5 Å². The Kier molecular flexibility index (Phi) is 7.04. The lowest BCUT2D eigenvalue weighted by molar-refractivity contribution is 0.0952. The van der Waals surface area contributed by atoms with Crippen LogP contribution in [0.25, 0.3) is 10.2 Å². The number of carbonyl (C=O) groups excluding carboxylic acids is 1. The molecule has 2 aromatic carbocycles. The summed E-state index contributed by atoms with van der Waals surface area (Å²) in [7, 11) is 0. The van der Waals surface area contributed by atoms with Crippen molar-refractivity contribution in [1.29, 1.82) is 5.26 Å². The number of nitrogens with one attached hydrogen (secondary N) is 1. The van der Waals surface area contributed by atoms with Gasteiger partial charge < -0.3 is 16.0 Å². The summed E-state index contributed by atoms with van der Waals surface area (Å²) in [5.41, 5.74) is 10.2. The smallest absolute Gasteiger partial charge is 0.273 e. The van der Waals surface area contributed by atoms with Crippen LogP contribution in [0, 0.1) is 18.3 Å². The van der Waals surface area contributed by atoms with E-state index in [4.69, 9.17) is 10.7 Å². The largest absolute Gasteiger partial charge is 0.348 e. The van der Waals surface area contributed by atoms with Gasteiger partial charge >= 0.3 is 0 Å². The number of nitrogens with two attached hydrogens (primary N) is 1. The molecule has 1 saturated heterocycles. The van der Waals surface area contributed by atoms with Crippen LogP contribution in [0.15, 0.2) is 58.7 Å². The van der Waals surface area contributed by atoms with Crippen LogP contribution in [0.4, 0.5) is 5.95 Å². The summed E-state index contributed by atoms with van der Waals surface area (Å²) in [6.07, 6.45) is 1.79. The van der Waals surface area contributed by atoms with Crippen LogP contribution in [-0.2, 0) is 13.1 Å². The normalized spacial score (nSPS) is 15.5. The van der Waals surface area contributed by atoms with Gasteiger partial charge in [-0.1, -0.05) is 48.0 Å². The number of thiophene rings is 1. The second-order valence-electron chi connectivity index (χ2n) is 9.42. The van der Waals surface area contributed by atoms with Crippen LogP contribution in [0.2, 0.25) is 0 Å². The van der Waals surface area contributed by atoms with Crippen molar-refractivity contribution >= 4 is 33.4 Å². The Bertz CT molecular complexity index is 1550. The van der Waals surface area contributed by atoms with Gasteiger partial charge in [0.15, 0.2) is 0 Å². The van der Waals surface area contributed by atoms with Gasteiger partial charge in [0.25, 0.3) is 11.5 Å². The Labute approximate surface area is 219 Å². The molecule has 1 atom stereocenters. The lowest BCUT2D eigenvalue weighted by Crippen LogP contribution is -2.45. The summed E-state index contributed by atoms with van der Waals surface area (Å²) in [5.74, 6) is 0.207. The molecule has 1 aliphatic rings. The molecule has 3 heterocycles. The number of fused-ring (bicyclic) bond motifs is 1. The third-order valence-corrected chi connectivity index (χ3v) is 7.64. The molecular weight excluding hydrogens is 484 g/mol. The number of hydrogen-bond acceptors (Lipinski definition) is 7. The highest BCUT2D eigenvalue weighted by Crippen LogP contribution is 2.26. The fraction of sp³-hybridized carbons (Fsp3) is 0.286. The predicted molar refractivity (Wildman–Crippen MR) is 146 cm³/mol. The number of nitriles is 1. The van der Waals surface area contributed by atoms with E-state index in [9.17, 15) is 14.9 Å². The van der Waals surface area contributed by atoms with Crippen molar-refractivity contribution in [3.8, 4) is 6.07 Å². The second kappa shape index (κ2) is 10.5. The Morgan fingerprint density at radius 1 is 1.24 bits per heavy atom. The molecule has 1 fully saturated rings. The molecule has 0 unspecified atom stereocenters. The Balaban J connectivity index is 1.55. The SMILES string of the molecule is Cc1ccc(CNC(=O)c2csc3c(=O)n(Cc4ccccc4C#N)c(N4CCC[C@@H](N)C4)nc23)cc1. The van der Waals surface area contributed by atoms with Crippen molar-refractivity contribution < 1.29 is 4.79 Å². The van der Waals surface area contributed by atoms with E-state index in [2.05, 4.69) is 11.4 Å². The second-order valence-corrected chi connectivity index (χ2v) is 10.3. The number of aromatic nitrogens is 2. The zero-order valence-corrected chi connectivity index (χ0v) is 21.4. The van der Waals surface area contributed by atoms with E-state index in [1.165, 1.54) is 11.3 Å². The molecule has 4 aromatic rings. The Hall–Kier alpha value is -4.00. The molecule has 3 N–H and O–H groups in total. The molecule has 1 aliphatic heterocycles. The highest BCUT2D eigenvalue weighted by atomic mass is 32.1. The van der Waals surface area contributed by atoms with E-state index in [0.29, 0.717) is 46.9 Å². The summed E-state index contributed by atoms with van der Waals surface area (Å²) in [6, 6.07) is 17.4. The van der Waals surface area contributed by atoms with Gasteiger partial charge in [-0.05, 0) is 37.0 Å². The van der Waals surface area contributed by atoms with Gasteiger partial charge in [0.1, 0.15) is 10.2 Å². The van der Waals surface area contributed by atoms with E-state index in [1.807, 2.05) is 48.2 Å². The van der Waals surface area contributed by atoms with Gasteiger partial charge in [0.2, 0.25) is 5.95 Å².